The van der Waals surface area contributed by atoms with Gasteiger partial charge in [-0.15, -0.1) is 0 Å². The predicted octanol–water partition coefficient (Wildman–Crippen LogP) is 3.19. The molecule has 1 aliphatic rings. The van der Waals surface area contributed by atoms with Crippen LogP contribution >= 0.6 is 0 Å². The molecule has 2 aromatic heterocycles. The van der Waals surface area contributed by atoms with Crippen molar-refractivity contribution in [3.05, 3.63) is 41.5 Å². The molecule has 0 radical (unpaired) electrons. The molecule has 0 saturated carbocycles. The van der Waals surface area contributed by atoms with Gasteiger partial charge in [0.15, 0.2) is 0 Å². The number of hydrogen-bond acceptors (Lipinski definition) is 3. The number of aromatic nitrogens is 3. The first kappa shape index (κ1) is 15.5. The van der Waals surface area contributed by atoms with E-state index in [0.29, 0.717) is 0 Å². The maximum Gasteiger partial charge on any atom is 0.322 e. The molecule has 122 valence electrons. The molecule has 2 aromatic rings. The molecule has 0 aromatic carbocycles. The summed E-state index contributed by atoms with van der Waals surface area (Å²) in [6.45, 7) is 4.63. The zero-order valence-corrected chi connectivity index (χ0v) is 13.9. The smallest absolute Gasteiger partial charge is 0.316 e. The molecule has 0 spiro atoms. The molecule has 0 aliphatic carbocycles. The maximum atomic E-state index is 12.8. The van der Waals surface area contributed by atoms with Crippen molar-refractivity contribution in [2.75, 3.05) is 11.9 Å². The summed E-state index contributed by atoms with van der Waals surface area (Å²) in [5.41, 5.74) is 3.57. The number of hydrogen-bond donors (Lipinski definition) is 1. The molecule has 23 heavy (non-hydrogen) atoms. The van der Waals surface area contributed by atoms with Gasteiger partial charge in [0.05, 0.1) is 28.8 Å². The molecule has 0 unspecified atom stereocenters. The molecule has 1 saturated heterocycles. The van der Waals surface area contributed by atoms with E-state index >= 15 is 0 Å². The quantitative estimate of drug-likeness (QED) is 0.926. The Hall–Kier alpha value is -2.37. The third-order valence-electron chi connectivity index (χ3n) is 4.53. The number of nitrogens with zero attached hydrogens (tertiary/aromatic N) is 4. The van der Waals surface area contributed by atoms with Crippen molar-refractivity contribution in [1.29, 1.82) is 0 Å². The third kappa shape index (κ3) is 3.06. The Kier molecular flexibility index (Phi) is 4.32. The number of aryl methyl sites for hydroxylation is 2. The van der Waals surface area contributed by atoms with Crippen molar-refractivity contribution in [2.45, 2.75) is 39.2 Å². The van der Waals surface area contributed by atoms with Crippen LogP contribution in [-0.4, -0.2) is 32.2 Å². The van der Waals surface area contributed by atoms with E-state index in [1.807, 2.05) is 44.0 Å². The Morgan fingerprint density at radius 1 is 1.30 bits per heavy atom. The second-order valence-corrected chi connectivity index (χ2v) is 6.06. The number of amides is 2. The summed E-state index contributed by atoms with van der Waals surface area (Å²) in [7, 11) is 1.88. The first-order chi connectivity index (χ1) is 11.1. The molecule has 1 fully saturated rings. The van der Waals surface area contributed by atoms with Crippen LogP contribution in [-0.2, 0) is 7.05 Å². The van der Waals surface area contributed by atoms with Crippen LogP contribution in [0.2, 0.25) is 0 Å². The van der Waals surface area contributed by atoms with Crippen LogP contribution in [0.15, 0.2) is 24.4 Å². The Bertz CT molecular complexity index is 695. The molecular formula is C17H23N5O. The van der Waals surface area contributed by atoms with Gasteiger partial charge in [-0.1, -0.05) is 6.07 Å². The molecule has 1 atom stereocenters. The Balaban J connectivity index is 1.82. The van der Waals surface area contributed by atoms with Crippen LogP contribution in [0.4, 0.5) is 10.5 Å². The first-order valence-corrected chi connectivity index (χ1v) is 8.06. The molecule has 1 aliphatic heterocycles. The van der Waals surface area contributed by atoms with Crippen molar-refractivity contribution in [3.63, 3.8) is 0 Å². The van der Waals surface area contributed by atoms with Gasteiger partial charge in [0.25, 0.3) is 0 Å². The zero-order chi connectivity index (χ0) is 16.4. The van der Waals surface area contributed by atoms with Gasteiger partial charge in [0.2, 0.25) is 0 Å². The summed E-state index contributed by atoms with van der Waals surface area (Å²) in [5.74, 6) is 0. The summed E-state index contributed by atoms with van der Waals surface area (Å²) in [5, 5.41) is 7.40. The molecule has 3 heterocycles. The number of carbonyl (C=O) groups excluding carboxylic acids is 1. The summed E-state index contributed by atoms with van der Waals surface area (Å²) in [4.78, 5) is 19.2. The molecule has 6 nitrogen and oxygen atoms in total. The van der Waals surface area contributed by atoms with Gasteiger partial charge in [-0.25, -0.2) is 4.79 Å². The van der Waals surface area contributed by atoms with Crippen LogP contribution in [0, 0.1) is 13.8 Å². The van der Waals surface area contributed by atoms with Crippen LogP contribution < -0.4 is 5.32 Å². The lowest BCUT2D eigenvalue weighted by Gasteiger charge is -2.35. The fourth-order valence-corrected chi connectivity index (χ4v) is 3.19. The highest BCUT2D eigenvalue weighted by atomic mass is 16.2. The molecule has 1 N–H and O–H groups in total. The highest BCUT2D eigenvalue weighted by molar-refractivity contribution is 5.91. The van der Waals surface area contributed by atoms with Gasteiger partial charge in [0.1, 0.15) is 0 Å². The Morgan fingerprint density at radius 2 is 2.13 bits per heavy atom. The maximum absolute atomic E-state index is 12.8. The third-order valence-corrected chi connectivity index (χ3v) is 4.53. The predicted molar refractivity (Wildman–Crippen MR) is 89.2 cm³/mol. The summed E-state index contributed by atoms with van der Waals surface area (Å²) >= 11 is 0. The second kappa shape index (κ2) is 6.40. The van der Waals surface area contributed by atoms with Gasteiger partial charge >= 0.3 is 6.03 Å². The summed E-state index contributed by atoms with van der Waals surface area (Å²) in [6.07, 6.45) is 4.89. The lowest BCUT2D eigenvalue weighted by Crippen LogP contribution is -2.41. The number of anilines is 1. The lowest BCUT2D eigenvalue weighted by atomic mass is 9.99. The number of carbonyl (C=O) groups is 1. The van der Waals surface area contributed by atoms with Crippen molar-refractivity contribution < 1.29 is 4.79 Å². The lowest BCUT2D eigenvalue weighted by molar-refractivity contribution is 0.161. The van der Waals surface area contributed by atoms with Crippen molar-refractivity contribution in [1.82, 2.24) is 19.7 Å². The molecule has 3 rings (SSSR count). The normalized spacial score (nSPS) is 18.0. The Labute approximate surface area is 136 Å². The van der Waals surface area contributed by atoms with Crippen molar-refractivity contribution >= 4 is 11.7 Å². The van der Waals surface area contributed by atoms with E-state index < -0.39 is 0 Å². The minimum Gasteiger partial charge on any atom is -0.316 e. The monoisotopic (exact) mass is 313 g/mol. The summed E-state index contributed by atoms with van der Waals surface area (Å²) < 4.78 is 1.79. The van der Waals surface area contributed by atoms with Gasteiger partial charge in [-0.05, 0) is 45.2 Å². The minimum absolute atomic E-state index is 0.0437. The fourth-order valence-electron chi connectivity index (χ4n) is 3.19. The topological polar surface area (TPSA) is 63.1 Å². The van der Waals surface area contributed by atoms with E-state index in [2.05, 4.69) is 15.4 Å². The van der Waals surface area contributed by atoms with Gasteiger partial charge < -0.3 is 10.2 Å². The zero-order valence-electron chi connectivity index (χ0n) is 13.9. The number of rotatable bonds is 2. The van der Waals surface area contributed by atoms with E-state index in [1.165, 1.54) is 0 Å². The van der Waals surface area contributed by atoms with Gasteiger partial charge in [-0.2, -0.15) is 5.10 Å². The molecular weight excluding hydrogens is 290 g/mol. The van der Waals surface area contributed by atoms with Crippen molar-refractivity contribution in [3.8, 4) is 0 Å². The molecule has 6 heteroatoms. The van der Waals surface area contributed by atoms with E-state index in [9.17, 15) is 4.79 Å². The summed E-state index contributed by atoms with van der Waals surface area (Å²) in [6, 6.07) is 5.85. The van der Waals surface area contributed by atoms with Crippen LogP contribution in [0.25, 0.3) is 0 Å². The highest BCUT2D eigenvalue weighted by Crippen LogP contribution is 2.30. The van der Waals surface area contributed by atoms with E-state index in [4.69, 9.17) is 0 Å². The number of piperidine rings is 1. The van der Waals surface area contributed by atoms with Gasteiger partial charge in [-0.3, -0.25) is 9.67 Å². The van der Waals surface area contributed by atoms with E-state index in [0.717, 1.165) is 48.6 Å². The van der Waals surface area contributed by atoms with Crippen LogP contribution in [0.5, 0.6) is 0 Å². The number of likely N-dealkylation sites (tertiary alicyclic amines) is 1. The molecule has 2 amide bonds. The SMILES string of the molecule is Cc1nn(C)c(C)c1NC(=O)N1CCCC[C@H]1c1ccccn1. The Morgan fingerprint density at radius 3 is 2.78 bits per heavy atom. The van der Waals surface area contributed by atoms with Gasteiger partial charge in [0, 0.05) is 19.8 Å². The highest BCUT2D eigenvalue weighted by Gasteiger charge is 2.29. The van der Waals surface area contributed by atoms with Crippen LogP contribution in [0.3, 0.4) is 0 Å². The largest absolute Gasteiger partial charge is 0.322 e. The minimum atomic E-state index is -0.0699. The number of nitrogens with one attached hydrogen (secondary N) is 1. The average Bonchev–Trinajstić information content (AvgIpc) is 2.82. The van der Waals surface area contributed by atoms with Crippen LogP contribution in [0.1, 0.15) is 42.4 Å². The standard InChI is InChI=1S/C17H23N5O/c1-12-16(13(2)21(3)20-12)19-17(23)22-11-7-5-9-15(22)14-8-4-6-10-18-14/h4,6,8,10,15H,5,7,9,11H2,1-3H3,(H,19,23)/t15-/m0/s1. The first-order valence-electron chi connectivity index (χ1n) is 8.06. The van der Waals surface area contributed by atoms with E-state index in [-0.39, 0.29) is 12.1 Å². The number of pyridine rings is 1. The fraction of sp³-hybridized carbons (Fsp3) is 0.471. The van der Waals surface area contributed by atoms with Crippen molar-refractivity contribution in [2.24, 2.45) is 7.05 Å². The molecule has 0 bridgehead atoms. The second-order valence-electron chi connectivity index (χ2n) is 6.06. The average molecular weight is 313 g/mol. The van der Waals surface area contributed by atoms with E-state index in [1.54, 1.807) is 10.9 Å². The number of urea groups is 1.